The number of rotatable bonds is 2. The molecule has 0 saturated carbocycles. The smallest absolute Gasteiger partial charge is 0.250 e. The van der Waals surface area contributed by atoms with Crippen molar-refractivity contribution in [2.75, 3.05) is 13.4 Å². The Morgan fingerprint density at radius 2 is 2.12 bits per heavy atom. The maximum Gasteiger partial charge on any atom is 0.250 e. The number of methoxy groups -OCH3 is 1. The SMILES string of the molecule is COc1ccc(S(C)(=O)=NC(C)=O)c(I)c1. The molecule has 0 aromatic heterocycles. The van der Waals surface area contributed by atoms with Gasteiger partial charge in [0.2, 0.25) is 0 Å². The number of halogens is 1. The highest BCUT2D eigenvalue weighted by Crippen LogP contribution is 2.24. The van der Waals surface area contributed by atoms with E-state index in [2.05, 4.69) is 27.0 Å². The molecule has 0 spiro atoms. The Labute approximate surface area is 109 Å². The Balaban J connectivity index is 3.35. The van der Waals surface area contributed by atoms with Crippen molar-refractivity contribution in [3.8, 4) is 5.75 Å². The third-order valence-electron chi connectivity index (χ3n) is 1.85. The second-order valence-electron chi connectivity index (χ2n) is 3.21. The highest BCUT2D eigenvalue weighted by Gasteiger charge is 2.12. The zero-order chi connectivity index (χ0) is 12.3. The van der Waals surface area contributed by atoms with E-state index in [9.17, 15) is 9.00 Å². The molecular weight excluding hydrogens is 341 g/mol. The molecule has 1 rings (SSSR count). The minimum absolute atomic E-state index is 0.431. The lowest BCUT2D eigenvalue weighted by molar-refractivity contribution is -0.115. The summed E-state index contributed by atoms with van der Waals surface area (Å²) in [6, 6.07) is 5.14. The quantitative estimate of drug-likeness (QED) is 0.767. The molecule has 16 heavy (non-hydrogen) atoms. The number of nitrogens with zero attached hydrogens (tertiary/aromatic N) is 1. The number of carbonyl (C=O) groups excluding carboxylic acids is 1. The van der Waals surface area contributed by atoms with Crippen LogP contribution in [0.5, 0.6) is 5.75 Å². The maximum absolute atomic E-state index is 12.2. The van der Waals surface area contributed by atoms with Gasteiger partial charge in [0.1, 0.15) is 5.75 Å². The summed E-state index contributed by atoms with van der Waals surface area (Å²) in [5.74, 6) is 0.255. The number of hydrogen-bond donors (Lipinski definition) is 0. The third-order valence-corrected chi connectivity index (χ3v) is 4.89. The molecule has 6 heteroatoms. The normalized spacial score (nSPS) is 14.0. The largest absolute Gasteiger partial charge is 0.497 e. The zero-order valence-electron chi connectivity index (χ0n) is 9.19. The van der Waals surface area contributed by atoms with E-state index in [0.29, 0.717) is 10.6 Å². The van der Waals surface area contributed by atoms with Crippen LogP contribution in [0.2, 0.25) is 0 Å². The predicted molar refractivity (Wildman–Crippen MR) is 71.2 cm³/mol. The minimum atomic E-state index is -2.65. The van der Waals surface area contributed by atoms with Crippen molar-refractivity contribution >= 4 is 38.2 Å². The molecule has 0 aliphatic rings. The van der Waals surface area contributed by atoms with E-state index in [1.165, 1.54) is 13.2 Å². The first-order valence-corrected chi connectivity index (χ1v) is 7.43. The fourth-order valence-corrected chi connectivity index (χ4v) is 4.25. The molecule has 1 atom stereocenters. The molecule has 4 nitrogen and oxygen atoms in total. The average Bonchev–Trinajstić information content (AvgIpc) is 2.14. The summed E-state index contributed by atoms with van der Waals surface area (Å²) < 4.78 is 21.6. The van der Waals surface area contributed by atoms with E-state index >= 15 is 0 Å². The molecule has 0 aliphatic carbocycles. The topological polar surface area (TPSA) is 55.7 Å². The number of hydrogen-bond acceptors (Lipinski definition) is 3. The third kappa shape index (κ3) is 3.18. The summed E-state index contributed by atoms with van der Waals surface area (Å²) in [5, 5.41) is 0. The molecule has 0 N–H and O–H groups in total. The predicted octanol–water partition coefficient (Wildman–Crippen LogP) is 2.30. The van der Waals surface area contributed by atoms with E-state index in [0.717, 1.165) is 3.57 Å². The van der Waals surface area contributed by atoms with Gasteiger partial charge in [0.05, 0.1) is 21.7 Å². The highest BCUT2D eigenvalue weighted by atomic mass is 127. The van der Waals surface area contributed by atoms with E-state index < -0.39 is 15.6 Å². The molecule has 1 aromatic rings. The van der Waals surface area contributed by atoms with Crippen LogP contribution in [0.25, 0.3) is 0 Å². The number of carbonyl (C=O) groups is 1. The van der Waals surface area contributed by atoms with Gasteiger partial charge in [0.15, 0.2) is 0 Å². The van der Waals surface area contributed by atoms with Crippen LogP contribution in [0, 0.1) is 3.57 Å². The summed E-state index contributed by atoms with van der Waals surface area (Å²) in [5.41, 5.74) is 0. The van der Waals surface area contributed by atoms with Crippen LogP contribution in [0.1, 0.15) is 6.92 Å². The van der Waals surface area contributed by atoms with E-state index in [1.54, 1.807) is 25.3 Å². The second-order valence-corrected chi connectivity index (χ2v) is 6.60. The standard InChI is InChI=1S/C10H12INO3S/c1-7(13)12-16(3,14)10-5-4-8(15-2)6-9(10)11/h4-6H,1-3H3. The summed E-state index contributed by atoms with van der Waals surface area (Å²) >= 11 is 2.05. The molecule has 1 aromatic carbocycles. The number of benzene rings is 1. The molecule has 88 valence electrons. The van der Waals surface area contributed by atoms with Gasteiger partial charge in [0.25, 0.3) is 5.91 Å². The molecule has 0 heterocycles. The molecule has 0 aliphatic heterocycles. The van der Waals surface area contributed by atoms with Crippen molar-refractivity contribution in [2.24, 2.45) is 4.36 Å². The van der Waals surface area contributed by atoms with Gasteiger partial charge in [-0.15, -0.1) is 0 Å². The van der Waals surface area contributed by atoms with Gasteiger partial charge >= 0.3 is 0 Å². The zero-order valence-corrected chi connectivity index (χ0v) is 12.2. The molecule has 0 fully saturated rings. The molecular formula is C10H12INO3S. The number of amides is 1. The average molecular weight is 353 g/mol. The van der Waals surface area contributed by atoms with Gasteiger partial charge in [-0.1, -0.05) is 0 Å². The van der Waals surface area contributed by atoms with Gasteiger partial charge < -0.3 is 4.74 Å². The molecule has 1 unspecified atom stereocenters. The van der Waals surface area contributed by atoms with Crippen molar-refractivity contribution in [2.45, 2.75) is 11.8 Å². The Morgan fingerprint density at radius 3 is 2.56 bits per heavy atom. The number of ether oxygens (including phenoxy) is 1. The summed E-state index contributed by atoms with van der Waals surface area (Å²) in [6.45, 7) is 1.29. The molecule has 0 saturated heterocycles. The van der Waals surface area contributed by atoms with Gasteiger partial charge in [-0.2, -0.15) is 4.36 Å². The van der Waals surface area contributed by atoms with E-state index in [-0.39, 0.29) is 0 Å². The van der Waals surface area contributed by atoms with Crippen LogP contribution >= 0.6 is 22.6 Å². The first-order chi connectivity index (χ1) is 7.36. The van der Waals surface area contributed by atoms with Crippen molar-refractivity contribution in [1.82, 2.24) is 0 Å². The Morgan fingerprint density at radius 1 is 1.50 bits per heavy atom. The lowest BCUT2D eigenvalue weighted by atomic mass is 10.3. The van der Waals surface area contributed by atoms with Gasteiger partial charge in [-0.25, -0.2) is 4.21 Å². The van der Waals surface area contributed by atoms with Crippen LogP contribution < -0.4 is 4.74 Å². The van der Waals surface area contributed by atoms with Gasteiger partial charge in [0, 0.05) is 16.7 Å². The summed E-state index contributed by atoms with van der Waals surface area (Å²) in [7, 11) is -1.09. The molecule has 0 bridgehead atoms. The van der Waals surface area contributed by atoms with E-state index in [1.807, 2.05) is 0 Å². The van der Waals surface area contributed by atoms with Crippen molar-refractivity contribution in [1.29, 1.82) is 0 Å². The van der Waals surface area contributed by atoms with Gasteiger partial charge in [-0.3, -0.25) is 4.79 Å². The van der Waals surface area contributed by atoms with Crippen LogP contribution in [-0.2, 0) is 14.5 Å². The second kappa shape index (κ2) is 5.13. The van der Waals surface area contributed by atoms with Gasteiger partial charge in [-0.05, 0) is 40.8 Å². The van der Waals surface area contributed by atoms with Crippen molar-refractivity contribution in [3.05, 3.63) is 21.8 Å². The van der Waals surface area contributed by atoms with Crippen LogP contribution in [0.4, 0.5) is 0 Å². The van der Waals surface area contributed by atoms with E-state index in [4.69, 9.17) is 4.74 Å². The fourth-order valence-electron chi connectivity index (χ4n) is 1.21. The van der Waals surface area contributed by atoms with Crippen LogP contribution in [0.3, 0.4) is 0 Å². The highest BCUT2D eigenvalue weighted by molar-refractivity contribution is 14.1. The van der Waals surface area contributed by atoms with Crippen molar-refractivity contribution < 1.29 is 13.7 Å². The lowest BCUT2D eigenvalue weighted by Gasteiger charge is -2.07. The van der Waals surface area contributed by atoms with Crippen LogP contribution in [-0.4, -0.2) is 23.5 Å². The summed E-state index contributed by atoms with van der Waals surface area (Å²) in [4.78, 5) is 11.5. The van der Waals surface area contributed by atoms with Crippen LogP contribution in [0.15, 0.2) is 27.5 Å². The minimum Gasteiger partial charge on any atom is -0.497 e. The van der Waals surface area contributed by atoms with Crippen molar-refractivity contribution in [3.63, 3.8) is 0 Å². The molecule has 1 amide bonds. The Bertz CT molecular complexity index is 533. The Hall–Kier alpha value is -0.630. The fraction of sp³-hybridized carbons (Fsp3) is 0.300. The monoisotopic (exact) mass is 353 g/mol. The Kier molecular flexibility index (Phi) is 4.31. The maximum atomic E-state index is 12.2. The lowest BCUT2D eigenvalue weighted by Crippen LogP contribution is -2.03. The first kappa shape index (κ1) is 13.4. The first-order valence-electron chi connectivity index (χ1n) is 4.43. The summed E-state index contributed by atoms with van der Waals surface area (Å²) in [6.07, 6.45) is 1.46. The molecule has 0 radical (unpaired) electrons.